The van der Waals surface area contributed by atoms with Crippen LogP contribution in [0.1, 0.15) is 107 Å². The maximum atomic E-state index is 13.5. The van der Waals surface area contributed by atoms with Crippen molar-refractivity contribution in [2.24, 2.45) is 0 Å². The van der Waals surface area contributed by atoms with Crippen molar-refractivity contribution in [3.05, 3.63) is 120 Å². The van der Waals surface area contributed by atoms with Crippen LogP contribution in [0.25, 0.3) is 0 Å². The molecule has 2 nitrogen and oxygen atoms in total. The van der Waals surface area contributed by atoms with Gasteiger partial charge in [0.25, 0.3) is 0 Å². The van der Waals surface area contributed by atoms with Crippen LogP contribution >= 0.6 is 8.73 Å². The summed E-state index contributed by atoms with van der Waals surface area (Å²) in [5.74, 6) is 0.376. The van der Waals surface area contributed by atoms with E-state index in [9.17, 15) is 13.2 Å². The van der Waals surface area contributed by atoms with E-state index in [1.165, 1.54) is 22.8 Å². The van der Waals surface area contributed by atoms with Gasteiger partial charge in [-0.2, -0.15) is 13.2 Å². The van der Waals surface area contributed by atoms with Crippen molar-refractivity contribution in [1.29, 1.82) is 0 Å². The SMILES string of the molecule is C=C/C=C(\C=C)[C@@H](C)c1ccc(C)cc1.C=CC.CC.CCCN(CCC)CCCc1ccc(CCCCNPC)cc1C(F)(F)F. The minimum atomic E-state index is -4.28. The number of nitrogens with one attached hydrogen (secondary N) is 1. The van der Waals surface area contributed by atoms with Gasteiger partial charge < -0.3 is 4.90 Å². The van der Waals surface area contributed by atoms with Crippen LogP contribution in [0.4, 0.5) is 13.2 Å². The van der Waals surface area contributed by atoms with Crippen LogP contribution in [0.3, 0.4) is 0 Å². The highest BCUT2D eigenvalue weighted by atomic mass is 31.1. The number of benzene rings is 2. The number of unbranched alkanes of at least 4 members (excludes halogenated alkanes) is 1. The molecule has 0 aliphatic heterocycles. The quantitative estimate of drug-likeness (QED) is 0.0733. The number of hydrogen-bond acceptors (Lipinski definition) is 2. The molecule has 0 saturated carbocycles. The first-order valence-corrected chi connectivity index (χ1v) is 18.9. The van der Waals surface area contributed by atoms with Gasteiger partial charge in [0.1, 0.15) is 0 Å². The second kappa shape index (κ2) is 29.7. The van der Waals surface area contributed by atoms with Crippen molar-refractivity contribution in [1.82, 2.24) is 9.99 Å². The topological polar surface area (TPSA) is 15.3 Å². The van der Waals surface area contributed by atoms with Gasteiger partial charge in [-0.1, -0.05) is 123 Å². The van der Waals surface area contributed by atoms with Crippen molar-refractivity contribution in [2.75, 3.05) is 32.8 Å². The van der Waals surface area contributed by atoms with Gasteiger partial charge in [-0.3, -0.25) is 5.09 Å². The smallest absolute Gasteiger partial charge is 0.303 e. The minimum Gasteiger partial charge on any atom is -0.303 e. The highest BCUT2D eigenvalue weighted by Gasteiger charge is 2.33. The molecular weight excluding hydrogens is 608 g/mol. The molecule has 0 radical (unpaired) electrons. The van der Waals surface area contributed by atoms with Gasteiger partial charge in [-0.25, -0.2) is 0 Å². The molecule has 0 bridgehead atoms. The Balaban J connectivity index is 0. The Labute approximate surface area is 289 Å². The zero-order chi connectivity index (χ0) is 36.1. The Hall–Kier alpha value is -2.46. The molecule has 0 heterocycles. The van der Waals surface area contributed by atoms with E-state index >= 15 is 0 Å². The summed E-state index contributed by atoms with van der Waals surface area (Å²) in [7, 11) is 0.719. The van der Waals surface area contributed by atoms with Crippen molar-refractivity contribution in [2.45, 2.75) is 106 Å². The van der Waals surface area contributed by atoms with E-state index in [2.05, 4.69) is 88.3 Å². The van der Waals surface area contributed by atoms with E-state index in [4.69, 9.17) is 0 Å². The molecular formula is C41H66F3N2P. The highest BCUT2D eigenvalue weighted by molar-refractivity contribution is 7.34. The summed E-state index contributed by atoms with van der Waals surface area (Å²) in [4.78, 5) is 2.35. The Morgan fingerprint density at radius 2 is 1.51 bits per heavy atom. The fourth-order valence-corrected chi connectivity index (χ4v) is 5.39. The predicted octanol–water partition coefficient (Wildman–Crippen LogP) is 12.5. The molecule has 0 spiro atoms. The first kappa shape index (κ1) is 46.7. The lowest BCUT2D eigenvalue weighted by Crippen LogP contribution is -2.27. The van der Waals surface area contributed by atoms with Gasteiger partial charge in [0.05, 0.1) is 5.56 Å². The normalized spacial score (nSPS) is 11.9. The first-order chi connectivity index (χ1) is 22.5. The lowest BCUT2D eigenvalue weighted by Gasteiger charge is -2.21. The summed E-state index contributed by atoms with van der Waals surface area (Å²) >= 11 is 0. The molecule has 2 aromatic carbocycles. The van der Waals surface area contributed by atoms with Crippen LogP contribution in [0.2, 0.25) is 0 Å². The van der Waals surface area contributed by atoms with E-state index in [1.54, 1.807) is 12.1 Å². The monoisotopic (exact) mass is 674 g/mol. The van der Waals surface area contributed by atoms with Crippen molar-refractivity contribution in [3.8, 4) is 0 Å². The largest absolute Gasteiger partial charge is 0.416 e. The summed E-state index contributed by atoms with van der Waals surface area (Å²) < 4.78 is 40.6. The summed E-state index contributed by atoms with van der Waals surface area (Å²) in [6.07, 6.45) is 9.22. The van der Waals surface area contributed by atoms with E-state index in [-0.39, 0.29) is 0 Å². The zero-order valence-corrected chi connectivity index (χ0v) is 31.9. The number of alkyl halides is 3. The average Bonchev–Trinajstić information content (AvgIpc) is 3.05. The lowest BCUT2D eigenvalue weighted by atomic mass is 9.92. The molecule has 6 heteroatoms. The molecule has 2 aromatic rings. The Kier molecular flexibility index (Phi) is 29.4. The molecule has 1 unspecified atom stereocenters. The van der Waals surface area contributed by atoms with E-state index in [1.807, 2.05) is 45.1 Å². The Morgan fingerprint density at radius 3 is 2.00 bits per heavy atom. The van der Waals surface area contributed by atoms with Crippen LogP contribution in [-0.2, 0) is 19.0 Å². The molecule has 0 amide bonds. The maximum absolute atomic E-state index is 13.5. The molecule has 1 N–H and O–H groups in total. The van der Waals surface area contributed by atoms with Gasteiger partial charge in [-0.15, -0.1) is 6.58 Å². The number of halogens is 3. The Morgan fingerprint density at radius 1 is 0.915 bits per heavy atom. The average molecular weight is 675 g/mol. The van der Waals surface area contributed by atoms with Gasteiger partial charge in [0, 0.05) is 5.92 Å². The Bertz CT molecular complexity index is 1100. The third-order valence-electron chi connectivity index (χ3n) is 7.30. The molecule has 2 rings (SSSR count). The number of aryl methyl sites for hydroxylation is 3. The summed E-state index contributed by atoms with van der Waals surface area (Å²) in [5.41, 5.74) is 4.60. The van der Waals surface area contributed by atoms with Crippen LogP contribution < -0.4 is 5.09 Å². The summed E-state index contributed by atoms with van der Waals surface area (Å²) in [5, 5.41) is 3.27. The van der Waals surface area contributed by atoms with Crippen molar-refractivity contribution in [3.63, 3.8) is 0 Å². The van der Waals surface area contributed by atoms with Crippen molar-refractivity contribution < 1.29 is 13.2 Å². The molecule has 0 aliphatic rings. The fraction of sp³-hybridized carbons (Fsp3) is 0.512. The number of allylic oxidation sites excluding steroid dienone is 5. The first-order valence-electron chi connectivity index (χ1n) is 17.4. The lowest BCUT2D eigenvalue weighted by molar-refractivity contribution is -0.138. The molecule has 0 aliphatic carbocycles. The van der Waals surface area contributed by atoms with Gasteiger partial charge in [0.15, 0.2) is 0 Å². The van der Waals surface area contributed by atoms with Crippen LogP contribution in [0.5, 0.6) is 0 Å². The molecule has 2 atom stereocenters. The second-order valence-electron chi connectivity index (χ2n) is 11.2. The molecule has 0 fully saturated rings. The van der Waals surface area contributed by atoms with Crippen LogP contribution in [-0.4, -0.2) is 37.7 Å². The second-order valence-corrected chi connectivity index (χ2v) is 12.1. The fourth-order valence-electron chi connectivity index (χ4n) is 4.96. The van der Waals surface area contributed by atoms with Crippen LogP contribution in [0.15, 0.2) is 92.1 Å². The van der Waals surface area contributed by atoms with Gasteiger partial charge in [0.2, 0.25) is 0 Å². The predicted molar refractivity (Wildman–Crippen MR) is 207 cm³/mol. The zero-order valence-electron chi connectivity index (χ0n) is 30.9. The molecule has 47 heavy (non-hydrogen) atoms. The van der Waals surface area contributed by atoms with E-state index in [0.29, 0.717) is 24.3 Å². The van der Waals surface area contributed by atoms with Crippen LogP contribution in [0, 0.1) is 6.92 Å². The standard InChI is InChI=1S/C21H36F3N2P.C15H18.C3H6.C2H6/c1-4-14-26(15-5-2)16-8-10-19-12-11-18(9-6-7-13-25-27-3)17-20(19)21(22,23)24;1-5-7-14(6-2)13(4)15-10-8-12(3)9-11-15;1-3-2;1-2/h11-12,17,25,27H,4-10,13-16H2,1-3H3;5-11,13H,1-2H2,3-4H3;3H,1H2,2H3;1-2H3/b;14-7+;;/t;13-;;/m.1../s1. The summed E-state index contributed by atoms with van der Waals surface area (Å²) in [6.45, 7) is 31.3. The van der Waals surface area contributed by atoms with Crippen molar-refractivity contribution >= 4 is 8.73 Å². The third kappa shape index (κ3) is 21.9. The number of hydrogen-bond donors (Lipinski definition) is 1. The third-order valence-corrected chi connectivity index (χ3v) is 7.90. The molecule has 0 aromatic heterocycles. The maximum Gasteiger partial charge on any atom is 0.416 e. The van der Waals surface area contributed by atoms with E-state index in [0.717, 1.165) is 72.6 Å². The number of rotatable bonds is 18. The van der Waals surface area contributed by atoms with Gasteiger partial charge >= 0.3 is 6.18 Å². The number of nitrogens with zero attached hydrogens (tertiary/aromatic N) is 1. The highest BCUT2D eigenvalue weighted by Crippen LogP contribution is 2.33. The minimum absolute atomic E-state index is 0.376. The summed E-state index contributed by atoms with van der Waals surface area (Å²) in [6, 6.07) is 13.6. The van der Waals surface area contributed by atoms with Gasteiger partial charge in [-0.05, 0) is 120 Å². The molecule has 0 saturated heterocycles. The van der Waals surface area contributed by atoms with E-state index < -0.39 is 11.7 Å². The molecule has 266 valence electrons.